The molecule has 18 heavy (non-hydrogen) atoms. The summed E-state index contributed by atoms with van der Waals surface area (Å²) >= 11 is 0. The lowest BCUT2D eigenvalue weighted by Crippen LogP contribution is -2.33. The van der Waals surface area contributed by atoms with Crippen LogP contribution in [0.3, 0.4) is 0 Å². The fourth-order valence-electron chi connectivity index (χ4n) is 1.42. The zero-order chi connectivity index (χ0) is 13.5. The van der Waals surface area contributed by atoms with Gasteiger partial charge in [-0.15, -0.1) is 0 Å². The van der Waals surface area contributed by atoms with Gasteiger partial charge in [-0.05, 0) is 18.8 Å². The Morgan fingerprint density at radius 2 is 2.22 bits per heavy atom. The van der Waals surface area contributed by atoms with Crippen LogP contribution in [0.1, 0.15) is 30.1 Å². The summed E-state index contributed by atoms with van der Waals surface area (Å²) in [7, 11) is 0. The van der Waals surface area contributed by atoms with E-state index in [1.165, 1.54) is 0 Å². The molecule has 0 bridgehead atoms. The number of H-pyrrole nitrogens is 2. The predicted octanol–water partition coefficient (Wildman–Crippen LogP) is -0.798. The second-order valence-corrected chi connectivity index (χ2v) is 4.17. The van der Waals surface area contributed by atoms with Gasteiger partial charge in [0.15, 0.2) is 0 Å². The molecule has 1 aromatic rings. The fourth-order valence-corrected chi connectivity index (χ4v) is 1.42. The molecule has 0 aromatic carbocycles. The summed E-state index contributed by atoms with van der Waals surface area (Å²) in [6.07, 6.45) is 2.60. The van der Waals surface area contributed by atoms with Crippen molar-refractivity contribution in [2.24, 2.45) is 5.92 Å². The largest absolute Gasteiger partial charge is 0.396 e. The van der Waals surface area contributed by atoms with Gasteiger partial charge in [0, 0.05) is 19.3 Å². The zero-order valence-corrected chi connectivity index (χ0v) is 10.2. The van der Waals surface area contributed by atoms with Crippen LogP contribution in [0.4, 0.5) is 0 Å². The Morgan fingerprint density at radius 1 is 1.50 bits per heavy atom. The molecule has 1 aromatic heterocycles. The molecule has 0 saturated heterocycles. The van der Waals surface area contributed by atoms with E-state index in [0.29, 0.717) is 13.0 Å². The number of carbonyl (C=O) groups excluding carboxylic acids is 1. The summed E-state index contributed by atoms with van der Waals surface area (Å²) in [4.78, 5) is 37.9. The Hall–Kier alpha value is -1.89. The first-order valence-corrected chi connectivity index (χ1v) is 5.75. The Bertz CT molecular complexity index is 506. The highest BCUT2D eigenvalue weighted by Gasteiger charge is 2.10. The number of aromatic amines is 2. The summed E-state index contributed by atoms with van der Waals surface area (Å²) in [5.74, 6) is -0.331. The Balaban J connectivity index is 2.46. The van der Waals surface area contributed by atoms with E-state index >= 15 is 0 Å². The minimum atomic E-state index is -0.708. The number of aliphatic hydroxyl groups excluding tert-OH is 1. The molecule has 0 saturated carbocycles. The highest BCUT2D eigenvalue weighted by Crippen LogP contribution is 2.02. The van der Waals surface area contributed by atoms with Gasteiger partial charge in [-0.25, -0.2) is 4.79 Å². The predicted molar refractivity (Wildman–Crippen MR) is 65.5 cm³/mol. The van der Waals surface area contributed by atoms with E-state index in [-0.39, 0.29) is 18.1 Å². The maximum absolute atomic E-state index is 11.6. The van der Waals surface area contributed by atoms with Crippen LogP contribution < -0.4 is 16.6 Å². The van der Waals surface area contributed by atoms with Crippen LogP contribution in [0.5, 0.6) is 0 Å². The van der Waals surface area contributed by atoms with Gasteiger partial charge < -0.3 is 15.4 Å². The normalized spacial score (nSPS) is 12.1. The monoisotopic (exact) mass is 255 g/mol. The summed E-state index contributed by atoms with van der Waals surface area (Å²) < 4.78 is 0. The first kappa shape index (κ1) is 14.2. The molecule has 1 unspecified atom stereocenters. The van der Waals surface area contributed by atoms with Crippen LogP contribution in [-0.2, 0) is 0 Å². The van der Waals surface area contributed by atoms with Crippen molar-refractivity contribution < 1.29 is 9.90 Å². The summed E-state index contributed by atoms with van der Waals surface area (Å²) in [6, 6.07) is 0. The average molecular weight is 255 g/mol. The van der Waals surface area contributed by atoms with Crippen molar-refractivity contribution in [3.63, 3.8) is 0 Å². The van der Waals surface area contributed by atoms with Crippen molar-refractivity contribution >= 4 is 5.91 Å². The number of nitrogens with one attached hydrogen (secondary N) is 3. The van der Waals surface area contributed by atoms with Crippen molar-refractivity contribution in [1.29, 1.82) is 0 Å². The number of aliphatic hydroxyl groups is 1. The van der Waals surface area contributed by atoms with Crippen molar-refractivity contribution in [2.45, 2.75) is 19.8 Å². The van der Waals surface area contributed by atoms with E-state index < -0.39 is 17.2 Å². The number of carbonyl (C=O) groups is 1. The SMILES string of the molecule is CC(CO)CCCNC(=O)c1c[nH]c(=O)[nH]c1=O. The van der Waals surface area contributed by atoms with Crippen LogP contribution in [0.15, 0.2) is 15.8 Å². The Labute approximate surface area is 103 Å². The Morgan fingerprint density at radius 3 is 2.83 bits per heavy atom. The lowest BCUT2D eigenvalue weighted by molar-refractivity contribution is 0.0950. The molecule has 7 nitrogen and oxygen atoms in total. The van der Waals surface area contributed by atoms with Crippen LogP contribution in [0.25, 0.3) is 0 Å². The van der Waals surface area contributed by atoms with Gasteiger partial charge in [-0.2, -0.15) is 0 Å². The molecule has 0 radical (unpaired) electrons. The van der Waals surface area contributed by atoms with Gasteiger partial charge in [0.25, 0.3) is 11.5 Å². The molecule has 0 aliphatic rings. The third-order valence-electron chi connectivity index (χ3n) is 2.53. The first-order chi connectivity index (χ1) is 8.54. The maximum atomic E-state index is 11.6. The van der Waals surface area contributed by atoms with Crippen molar-refractivity contribution in [3.8, 4) is 0 Å². The standard InChI is InChI=1S/C11H17N3O4/c1-7(6-15)3-2-4-12-9(16)8-5-13-11(18)14-10(8)17/h5,7,15H,2-4,6H2,1H3,(H,12,16)(H2,13,14,17,18). The molecule has 1 heterocycles. The van der Waals surface area contributed by atoms with Gasteiger partial charge in [-0.1, -0.05) is 6.92 Å². The van der Waals surface area contributed by atoms with E-state index in [9.17, 15) is 14.4 Å². The molecular weight excluding hydrogens is 238 g/mol. The highest BCUT2D eigenvalue weighted by atomic mass is 16.3. The molecule has 7 heteroatoms. The number of amides is 1. The first-order valence-electron chi connectivity index (χ1n) is 5.75. The Kier molecular flexibility index (Phi) is 5.31. The minimum absolute atomic E-state index is 0.119. The molecule has 4 N–H and O–H groups in total. The number of hydrogen-bond donors (Lipinski definition) is 4. The fraction of sp³-hybridized carbons (Fsp3) is 0.545. The quantitative estimate of drug-likeness (QED) is 0.498. The average Bonchev–Trinajstić information content (AvgIpc) is 2.34. The van der Waals surface area contributed by atoms with Gasteiger partial charge >= 0.3 is 5.69 Å². The lowest BCUT2D eigenvalue weighted by atomic mass is 10.1. The molecule has 0 fully saturated rings. The van der Waals surface area contributed by atoms with Crippen LogP contribution in [0.2, 0.25) is 0 Å². The van der Waals surface area contributed by atoms with E-state index in [1.807, 2.05) is 11.9 Å². The van der Waals surface area contributed by atoms with Gasteiger partial charge in [0.2, 0.25) is 0 Å². The summed E-state index contributed by atoms with van der Waals surface area (Å²) in [5.41, 5.74) is -1.47. The van der Waals surface area contributed by atoms with Crippen LogP contribution in [-0.4, -0.2) is 34.1 Å². The number of aromatic nitrogens is 2. The molecule has 100 valence electrons. The number of rotatable bonds is 6. The van der Waals surface area contributed by atoms with Gasteiger partial charge in [0.05, 0.1) is 0 Å². The van der Waals surface area contributed by atoms with Crippen molar-refractivity contribution in [1.82, 2.24) is 15.3 Å². The van der Waals surface area contributed by atoms with E-state index in [1.54, 1.807) is 0 Å². The smallest absolute Gasteiger partial charge is 0.325 e. The summed E-state index contributed by atoms with van der Waals surface area (Å²) in [6.45, 7) is 2.45. The van der Waals surface area contributed by atoms with Crippen molar-refractivity contribution in [3.05, 3.63) is 32.6 Å². The van der Waals surface area contributed by atoms with Crippen molar-refractivity contribution in [2.75, 3.05) is 13.2 Å². The van der Waals surface area contributed by atoms with Crippen LogP contribution >= 0.6 is 0 Å². The molecule has 1 amide bonds. The molecule has 0 aliphatic heterocycles. The number of hydrogen-bond acceptors (Lipinski definition) is 4. The van der Waals surface area contributed by atoms with Crippen LogP contribution in [0, 0.1) is 5.92 Å². The lowest BCUT2D eigenvalue weighted by Gasteiger charge is -2.08. The maximum Gasteiger partial charge on any atom is 0.325 e. The highest BCUT2D eigenvalue weighted by molar-refractivity contribution is 5.93. The van der Waals surface area contributed by atoms with Gasteiger partial charge in [-0.3, -0.25) is 14.6 Å². The van der Waals surface area contributed by atoms with E-state index in [0.717, 1.165) is 12.6 Å². The van der Waals surface area contributed by atoms with E-state index in [4.69, 9.17) is 5.11 Å². The topological polar surface area (TPSA) is 115 Å². The molecule has 0 aliphatic carbocycles. The third kappa shape index (κ3) is 4.17. The minimum Gasteiger partial charge on any atom is -0.396 e. The molecule has 0 spiro atoms. The molecule has 1 rings (SSSR count). The molecular formula is C11H17N3O4. The third-order valence-corrected chi connectivity index (χ3v) is 2.53. The summed E-state index contributed by atoms with van der Waals surface area (Å²) in [5, 5.41) is 11.4. The second-order valence-electron chi connectivity index (χ2n) is 4.17. The van der Waals surface area contributed by atoms with Gasteiger partial charge in [0.1, 0.15) is 5.56 Å². The zero-order valence-electron chi connectivity index (χ0n) is 10.2. The van der Waals surface area contributed by atoms with E-state index in [2.05, 4.69) is 10.3 Å². The second kappa shape index (κ2) is 6.75. The molecule has 1 atom stereocenters.